The fourth-order valence-electron chi connectivity index (χ4n) is 5.95. The molecule has 6 rings (SSSR count). The summed E-state index contributed by atoms with van der Waals surface area (Å²) < 4.78 is 76.1. The van der Waals surface area contributed by atoms with E-state index in [1.807, 2.05) is 0 Å². The average Bonchev–Trinajstić information content (AvgIpc) is 3.46. The van der Waals surface area contributed by atoms with E-state index in [1.54, 1.807) is 24.3 Å². The number of hydrogen-bond acceptors (Lipinski definition) is 9. The van der Waals surface area contributed by atoms with Gasteiger partial charge >= 0.3 is 6.03 Å². The van der Waals surface area contributed by atoms with Gasteiger partial charge in [0.05, 0.1) is 57.7 Å². The van der Waals surface area contributed by atoms with Crippen LogP contribution in [0.25, 0.3) is 11.0 Å². The van der Waals surface area contributed by atoms with Crippen molar-refractivity contribution >= 4 is 38.5 Å². The van der Waals surface area contributed by atoms with Crippen molar-refractivity contribution in [2.45, 2.75) is 17.9 Å². The molecular formula is C31H33F2N5O7S. The first-order valence-electron chi connectivity index (χ1n) is 14.6. The van der Waals surface area contributed by atoms with E-state index in [0.29, 0.717) is 61.6 Å². The third-order valence-corrected chi connectivity index (χ3v) is 9.94. The third kappa shape index (κ3) is 5.42. The molecule has 15 heteroatoms. The predicted octanol–water partition coefficient (Wildman–Crippen LogP) is 3.38. The molecule has 2 amide bonds. The van der Waals surface area contributed by atoms with Gasteiger partial charge in [-0.3, -0.25) is 14.7 Å². The standard InChI is InChI=1S/C31H33F2N5O7S/c1-43-24-17-25(44-2)27(33)29(26(24)32)37-19-20-18-34-30-23(28(20)36(10-13-39)31(37)40)16-21(8-9-35-11-14-45-15-12-35)38(30)46(41,42)22-6-4-3-5-7-22/h3-7,16-18,39H,8-15,19H2,1-2H3. The highest BCUT2D eigenvalue weighted by molar-refractivity contribution is 7.90. The number of carbonyl (C=O) groups excluding carboxylic acids is 1. The molecule has 0 spiro atoms. The minimum Gasteiger partial charge on any atom is -0.493 e. The van der Waals surface area contributed by atoms with Crippen LogP contribution in [-0.4, -0.2) is 93.6 Å². The van der Waals surface area contributed by atoms with Crippen LogP contribution < -0.4 is 19.3 Å². The van der Waals surface area contributed by atoms with E-state index in [0.717, 1.165) is 11.0 Å². The van der Waals surface area contributed by atoms with Crippen LogP contribution in [0.15, 0.2) is 53.6 Å². The number of β-amino-alcohol motifs (C(OH)–C–C–N with tert-alkyl or cyclic N) is 1. The van der Waals surface area contributed by atoms with E-state index in [-0.39, 0.29) is 35.1 Å². The Morgan fingerprint density at radius 1 is 0.978 bits per heavy atom. The van der Waals surface area contributed by atoms with Crippen molar-refractivity contribution in [3.8, 4) is 11.5 Å². The second-order valence-corrected chi connectivity index (χ2v) is 12.6. The summed E-state index contributed by atoms with van der Waals surface area (Å²) in [5.41, 5.74) is 0.523. The number of pyridine rings is 1. The maximum absolute atomic E-state index is 15.6. The molecule has 0 bridgehead atoms. The fraction of sp³-hybridized carbons (Fsp3) is 0.355. The molecule has 0 unspecified atom stereocenters. The number of hydrogen-bond donors (Lipinski definition) is 1. The van der Waals surface area contributed by atoms with Crippen molar-refractivity contribution in [3.05, 3.63) is 71.6 Å². The van der Waals surface area contributed by atoms with E-state index < -0.39 is 40.0 Å². The maximum atomic E-state index is 15.6. The first kappa shape index (κ1) is 31.7. The molecule has 2 aliphatic heterocycles. The van der Waals surface area contributed by atoms with Gasteiger partial charge in [0.15, 0.2) is 28.8 Å². The number of aromatic nitrogens is 2. The molecule has 1 saturated heterocycles. The second-order valence-electron chi connectivity index (χ2n) is 10.8. The molecule has 0 aliphatic carbocycles. The number of aliphatic hydroxyl groups is 1. The zero-order chi connectivity index (χ0) is 32.6. The number of amides is 2. The number of morpholine rings is 1. The lowest BCUT2D eigenvalue weighted by Crippen LogP contribution is -2.49. The van der Waals surface area contributed by atoms with Crippen molar-refractivity contribution in [1.82, 2.24) is 13.9 Å². The number of urea groups is 1. The van der Waals surface area contributed by atoms with Crippen LogP contribution in [0, 0.1) is 11.6 Å². The number of ether oxygens (including phenoxy) is 3. The molecule has 46 heavy (non-hydrogen) atoms. The molecule has 2 aromatic carbocycles. The van der Waals surface area contributed by atoms with Gasteiger partial charge in [0.2, 0.25) is 0 Å². The predicted molar refractivity (Wildman–Crippen MR) is 165 cm³/mol. The molecule has 2 aliphatic rings. The average molecular weight is 658 g/mol. The summed E-state index contributed by atoms with van der Waals surface area (Å²) in [4.78, 5) is 22.9. The normalized spacial score (nSPS) is 15.8. The summed E-state index contributed by atoms with van der Waals surface area (Å²) in [6.07, 6.45) is 1.73. The van der Waals surface area contributed by atoms with E-state index in [9.17, 15) is 18.3 Å². The number of halogens is 2. The molecule has 244 valence electrons. The van der Waals surface area contributed by atoms with Crippen LogP contribution in [0.2, 0.25) is 0 Å². The van der Waals surface area contributed by atoms with Gasteiger partial charge < -0.3 is 19.3 Å². The lowest BCUT2D eigenvalue weighted by atomic mass is 10.1. The molecular weight excluding hydrogens is 624 g/mol. The number of nitrogens with zero attached hydrogens (tertiary/aromatic N) is 5. The number of aliphatic hydroxyl groups excluding tert-OH is 1. The highest BCUT2D eigenvalue weighted by Crippen LogP contribution is 2.43. The van der Waals surface area contributed by atoms with Crippen molar-refractivity contribution in [2.75, 3.05) is 70.0 Å². The zero-order valence-corrected chi connectivity index (χ0v) is 26.1. The molecule has 0 radical (unpaired) electrons. The van der Waals surface area contributed by atoms with Gasteiger partial charge in [0.1, 0.15) is 5.69 Å². The number of anilines is 2. The van der Waals surface area contributed by atoms with Crippen LogP contribution in [0.4, 0.5) is 25.0 Å². The quantitative estimate of drug-likeness (QED) is 0.273. The van der Waals surface area contributed by atoms with Crippen LogP contribution in [0.3, 0.4) is 0 Å². The number of fused-ring (bicyclic) bond motifs is 3. The van der Waals surface area contributed by atoms with Crippen molar-refractivity contribution in [2.24, 2.45) is 0 Å². The third-order valence-electron chi connectivity index (χ3n) is 8.18. The Bertz CT molecular complexity index is 1850. The van der Waals surface area contributed by atoms with Crippen LogP contribution in [0.5, 0.6) is 11.5 Å². The summed E-state index contributed by atoms with van der Waals surface area (Å²) >= 11 is 0. The first-order chi connectivity index (χ1) is 22.2. The summed E-state index contributed by atoms with van der Waals surface area (Å²) in [7, 11) is -1.73. The molecule has 4 aromatic rings. The van der Waals surface area contributed by atoms with Gasteiger partial charge in [-0.15, -0.1) is 0 Å². The Hall–Kier alpha value is -4.31. The molecule has 1 fully saturated rings. The molecule has 1 N–H and O–H groups in total. The molecule has 4 heterocycles. The van der Waals surface area contributed by atoms with Crippen LogP contribution >= 0.6 is 0 Å². The van der Waals surface area contributed by atoms with Crippen molar-refractivity contribution in [3.63, 3.8) is 0 Å². The van der Waals surface area contributed by atoms with Gasteiger partial charge in [-0.2, -0.15) is 0 Å². The number of carbonyl (C=O) groups is 1. The molecule has 12 nitrogen and oxygen atoms in total. The van der Waals surface area contributed by atoms with E-state index >= 15 is 8.78 Å². The summed E-state index contributed by atoms with van der Waals surface area (Å²) in [6.45, 7) is 2.09. The lowest BCUT2D eigenvalue weighted by Gasteiger charge is -2.37. The summed E-state index contributed by atoms with van der Waals surface area (Å²) in [6, 6.07) is 9.86. The molecule has 0 saturated carbocycles. The SMILES string of the molecule is COc1cc(OC)c(F)c(N2Cc3cnc4c(cc(CCN5CCOCC5)n4S(=O)(=O)c4ccccc4)c3N(CCO)C2=O)c1F. The van der Waals surface area contributed by atoms with E-state index in [2.05, 4.69) is 9.88 Å². The number of methoxy groups -OCH3 is 2. The monoisotopic (exact) mass is 657 g/mol. The van der Waals surface area contributed by atoms with E-state index in [4.69, 9.17) is 14.2 Å². The lowest BCUT2D eigenvalue weighted by molar-refractivity contribution is 0.0383. The minimum atomic E-state index is -4.14. The highest BCUT2D eigenvalue weighted by Gasteiger charge is 2.38. The summed E-state index contributed by atoms with van der Waals surface area (Å²) in [5, 5.41) is 10.3. The van der Waals surface area contributed by atoms with Gasteiger partial charge in [0, 0.05) is 55.0 Å². The first-order valence-corrected chi connectivity index (χ1v) is 16.1. The van der Waals surface area contributed by atoms with Gasteiger partial charge in [-0.05, 0) is 18.2 Å². The largest absolute Gasteiger partial charge is 0.493 e. The molecule has 0 atom stereocenters. The topological polar surface area (TPSA) is 127 Å². The van der Waals surface area contributed by atoms with Gasteiger partial charge in [-0.25, -0.2) is 30.9 Å². The summed E-state index contributed by atoms with van der Waals surface area (Å²) in [5.74, 6) is -2.88. The highest BCUT2D eigenvalue weighted by atomic mass is 32.2. The van der Waals surface area contributed by atoms with Gasteiger partial charge in [0.25, 0.3) is 10.0 Å². The fourth-order valence-corrected chi connectivity index (χ4v) is 7.49. The zero-order valence-electron chi connectivity index (χ0n) is 25.3. The minimum absolute atomic E-state index is 0.0621. The Labute approximate surface area is 264 Å². The number of rotatable bonds is 10. The molecule has 2 aromatic heterocycles. The second kappa shape index (κ2) is 12.8. The van der Waals surface area contributed by atoms with Crippen molar-refractivity contribution < 1.29 is 41.3 Å². The Morgan fingerprint density at radius 3 is 2.28 bits per heavy atom. The van der Waals surface area contributed by atoms with Crippen LogP contribution in [0.1, 0.15) is 11.3 Å². The van der Waals surface area contributed by atoms with Crippen molar-refractivity contribution in [1.29, 1.82) is 0 Å². The Morgan fingerprint density at radius 2 is 1.65 bits per heavy atom. The Balaban J connectivity index is 1.52. The maximum Gasteiger partial charge on any atom is 0.329 e. The van der Waals surface area contributed by atoms with E-state index in [1.165, 1.54) is 41.4 Å². The smallest absolute Gasteiger partial charge is 0.329 e. The number of benzene rings is 2. The Kier molecular flexibility index (Phi) is 8.83. The van der Waals surface area contributed by atoms with Gasteiger partial charge in [-0.1, -0.05) is 18.2 Å². The van der Waals surface area contributed by atoms with Crippen LogP contribution in [-0.2, 0) is 27.7 Å².